The van der Waals surface area contributed by atoms with Crippen LogP contribution in [-0.4, -0.2) is 11.9 Å². The molecular formula is C38H34F2N2O4. The highest BCUT2D eigenvalue weighted by Crippen LogP contribution is 2.28. The third-order valence-corrected chi connectivity index (χ3v) is 7.55. The van der Waals surface area contributed by atoms with E-state index in [0.717, 1.165) is 56.1 Å². The van der Waals surface area contributed by atoms with Crippen LogP contribution >= 0.6 is 0 Å². The van der Waals surface area contributed by atoms with Crippen molar-refractivity contribution in [3.05, 3.63) is 119 Å². The fourth-order valence-electron chi connectivity index (χ4n) is 5.00. The second kappa shape index (κ2) is 17.2. The number of nitriles is 2. The van der Waals surface area contributed by atoms with Gasteiger partial charge in [-0.15, -0.1) is 0 Å². The summed E-state index contributed by atoms with van der Waals surface area (Å²) in [5, 5.41) is 17.9. The molecule has 0 heterocycles. The number of hydrogen-bond donors (Lipinski definition) is 0. The predicted octanol–water partition coefficient (Wildman–Crippen LogP) is 9.34. The molecule has 4 rings (SSSR count). The predicted molar refractivity (Wildman–Crippen MR) is 171 cm³/mol. The summed E-state index contributed by atoms with van der Waals surface area (Å²) in [6.45, 7) is 0. The molecule has 0 fully saturated rings. The van der Waals surface area contributed by atoms with E-state index in [9.17, 15) is 18.4 Å². The number of carbonyl (C=O) groups is 2. The van der Waals surface area contributed by atoms with Gasteiger partial charge < -0.3 is 9.47 Å². The minimum Gasteiger partial charge on any atom is -0.427 e. The van der Waals surface area contributed by atoms with Crippen LogP contribution < -0.4 is 9.47 Å². The molecule has 0 saturated heterocycles. The second-order valence-corrected chi connectivity index (χ2v) is 10.9. The molecule has 1 atom stereocenters. The maximum Gasteiger partial charge on any atom is 0.311 e. The lowest BCUT2D eigenvalue weighted by atomic mass is 9.98. The van der Waals surface area contributed by atoms with E-state index < -0.39 is 11.6 Å². The van der Waals surface area contributed by atoms with Crippen molar-refractivity contribution in [3.63, 3.8) is 0 Å². The molecule has 0 aliphatic heterocycles. The van der Waals surface area contributed by atoms with Crippen LogP contribution in [0.15, 0.2) is 102 Å². The quantitative estimate of drug-likeness (QED) is 0.101. The van der Waals surface area contributed by atoms with Gasteiger partial charge in [-0.1, -0.05) is 74.6 Å². The van der Waals surface area contributed by atoms with Crippen LogP contribution in [0, 0.1) is 28.5 Å². The number of unbranched alkanes of at least 4 members (excludes halogenated alkanes) is 6. The van der Waals surface area contributed by atoms with Gasteiger partial charge in [0.05, 0.1) is 11.1 Å². The van der Waals surface area contributed by atoms with Gasteiger partial charge >= 0.3 is 11.9 Å². The topological polar surface area (TPSA) is 100 Å². The Bertz CT molecular complexity index is 1690. The highest BCUT2D eigenvalue weighted by Gasteiger charge is 2.14. The Hall–Kier alpha value is -5.34. The van der Waals surface area contributed by atoms with E-state index in [4.69, 9.17) is 20.0 Å². The molecule has 3 aromatic carbocycles. The molecule has 0 spiro atoms. The number of benzene rings is 3. The van der Waals surface area contributed by atoms with Crippen molar-refractivity contribution in [2.45, 2.75) is 63.7 Å². The largest absolute Gasteiger partial charge is 0.427 e. The maximum absolute atomic E-state index is 14.1. The van der Waals surface area contributed by atoms with Crippen LogP contribution in [0.25, 0.3) is 11.1 Å². The molecule has 1 aliphatic carbocycles. The van der Waals surface area contributed by atoms with Crippen molar-refractivity contribution in [1.29, 1.82) is 10.5 Å². The van der Waals surface area contributed by atoms with E-state index in [1.165, 1.54) is 24.3 Å². The Morgan fingerprint density at radius 1 is 0.696 bits per heavy atom. The molecule has 0 amide bonds. The average Bonchev–Trinajstić information content (AvgIpc) is 3.25. The zero-order valence-corrected chi connectivity index (χ0v) is 25.4. The molecule has 0 N–H and O–H groups in total. The minimum atomic E-state index is -0.576. The molecule has 8 heteroatoms. The molecule has 0 bridgehead atoms. The first-order chi connectivity index (χ1) is 22.4. The summed E-state index contributed by atoms with van der Waals surface area (Å²) < 4.78 is 38.9. The number of rotatable bonds is 14. The first kappa shape index (κ1) is 33.6. The molecule has 3 aromatic rings. The summed E-state index contributed by atoms with van der Waals surface area (Å²) in [4.78, 5) is 24.5. The molecule has 234 valence electrons. The van der Waals surface area contributed by atoms with Crippen LogP contribution in [0.1, 0.15) is 74.8 Å². The summed E-state index contributed by atoms with van der Waals surface area (Å²) >= 11 is 0. The third-order valence-electron chi connectivity index (χ3n) is 7.55. The lowest BCUT2D eigenvalue weighted by Gasteiger charge is -2.10. The average molecular weight is 621 g/mol. The van der Waals surface area contributed by atoms with E-state index in [1.54, 1.807) is 72.8 Å². The molecule has 1 unspecified atom stereocenters. The Balaban J connectivity index is 1.04. The van der Waals surface area contributed by atoms with Crippen molar-refractivity contribution in [3.8, 4) is 34.8 Å². The number of esters is 2. The highest BCUT2D eigenvalue weighted by molar-refractivity contribution is 5.73. The Morgan fingerprint density at radius 2 is 1.24 bits per heavy atom. The fourth-order valence-corrected chi connectivity index (χ4v) is 5.00. The van der Waals surface area contributed by atoms with Gasteiger partial charge in [0.2, 0.25) is 0 Å². The first-order valence-electron chi connectivity index (χ1n) is 15.3. The number of allylic oxidation sites excluding steroid dienone is 6. The van der Waals surface area contributed by atoms with Crippen LogP contribution in [0.2, 0.25) is 0 Å². The van der Waals surface area contributed by atoms with Crippen molar-refractivity contribution in [2.24, 2.45) is 0 Å². The van der Waals surface area contributed by atoms with Gasteiger partial charge in [-0.2, -0.15) is 10.5 Å². The van der Waals surface area contributed by atoms with Gasteiger partial charge in [-0.25, -0.2) is 8.78 Å². The second-order valence-electron chi connectivity index (χ2n) is 10.9. The fraction of sp³-hybridized carbons (Fsp3) is 0.263. The van der Waals surface area contributed by atoms with Gasteiger partial charge in [0.1, 0.15) is 35.3 Å². The third kappa shape index (κ3) is 10.1. The summed E-state index contributed by atoms with van der Waals surface area (Å²) in [7, 11) is 0. The zero-order valence-electron chi connectivity index (χ0n) is 25.4. The smallest absolute Gasteiger partial charge is 0.311 e. The van der Waals surface area contributed by atoms with Gasteiger partial charge in [0, 0.05) is 18.8 Å². The van der Waals surface area contributed by atoms with E-state index in [1.807, 2.05) is 6.07 Å². The summed E-state index contributed by atoms with van der Waals surface area (Å²) in [5.74, 6) is -1.20. The number of ether oxygens (including phenoxy) is 2. The lowest BCUT2D eigenvalue weighted by molar-refractivity contribution is -0.135. The Kier molecular flexibility index (Phi) is 12.6. The van der Waals surface area contributed by atoms with Gasteiger partial charge in [0.25, 0.3) is 0 Å². The zero-order chi connectivity index (χ0) is 32.7. The molecule has 46 heavy (non-hydrogen) atoms. The van der Waals surface area contributed by atoms with Gasteiger partial charge in [-0.3, -0.25) is 9.59 Å². The summed E-state index contributed by atoms with van der Waals surface area (Å²) in [6.07, 6.45) is 13.2. The van der Waals surface area contributed by atoms with Crippen LogP contribution in [0.3, 0.4) is 0 Å². The molecule has 0 saturated carbocycles. The van der Waals surface area contributed by atoms with Crippen molar-refractivity contribution >= 4 is 11.9 Å². The standard InChI is InChI=1S/C38H34F2N2O4/c39-35-23-29(9-8-10-31(35)25-41)27-15-19-33(20-16-27)45-37(43)11-6-4-2-1-3-5-7-12-38(44)46-34-21-17-28(18-22-34)30-13-14-32(26-42)36(40)24-30/h8-10,13-24,29H,1-7,11-12H2. The first-order valence-corrected chi connectivity index (χ1v) is 15.3. The molecule has 0 radical (unpaired) electrons. The van der Waals surface area contributed by atoms with Crippen molar-refractivity contribution in [2.75, 3.05) is 0 Å². The van der Waals surface area contributed by atoms with E-state index in [0.29, 0.717) is 29.9 Å². The van der Waals surface area contributed by atoms with E-state index >= 15 is 0 Å². The van der Waals surface area contributed by atoms with E-state index in [-0.39, 0.29) is 29.0 Å². The molecule has 6 nitrogen and oxygen atoms in total. The Labute approximate surface area is 267 Å². The molecule has 1 aliphatic rings. The van der Waals surface area contributed by atoms with Crippen LogP contribution in [0.4, 0.5) is 8.78 Å². The molecular weight excluding hydrogens is 586 g/mol. The summed E-state index contributed by atoms with van der Waals surface area (Å²) in [5.41, 5.74) is 2.19. The number of carbonyl (C=O) groups excluding carboxylic acids is 2. The Morgan fingerprint density at radius 3 is 1.78 bits per heavy atom. The van der Waals surface area contributed by atoms with E-state index in [2.05, 4.69) is 0 Å². The number of hydrogen-bond acceptors (Lipinski definition) is 6. The molecule has 0 aromatic heterocycles. The van der Waals surface area contributed by atoms with Crippen molar-refractivity contribution < 1.29 is 27.8 Å². The van der Waals surface area contributed by atoms with Gasteiger partial charge in [-0.05, 0) is 78.1 Å². The van der Waals surface area contributed by atoms with Gasteiger partial charge in [0.15, 0.2) is 0 Å². The minimum absolute atomic E-state index is 0.00866. The van der Waals surface area contributed by atoms with Crippen LogP contribution in [-0.2, 0) is 9.59 Å². The monoisotopic (exact) mass is 620 g/mol. The lowest BCUT2D eigenvalue weighted by Crippen LogP contribution is -2.07. The maximum atomic E-state index is 14.1. The van der Waals surface area contributed by atoms with Crippen molar-refractivity contribution in [1.82, 2.24) is 0 Å². The number of halogens is 2. The number of nitrogens with zero attached hydrogens (tertiary/aromatic N) is 2. The normalized spacial score (nSPS) is 13.9. The highest BCUT2D eigenvalue weighted by atomic mass is 19.1. The summed E-state index contributed by atoms with van der Waals surface area (Å²) in [6, 6.07) is 21.8. The van der Waals surface area contributed by atoms with Crippen LogP contribution in [0.5, 0.6) is 11.5 Å². The SMILES string of the molecule is N#CC1=CC=CC(c2ccc(OC(=O)CCCCCCCCCC(=O)Oc3ccc(-c4ccc(C#N)c(F)c4)cc3)cc2)C=C1F.